The molecule has 5 rings (SSSR count). The van der Waals surface area contributed by atoms with Crippen molar-refractivity contribution in [3.8, 4) is 11.4 Å². The van der Waals surface area contributed by atoms with Crippen molar-refractivity contribution in [2.75, 3.05) is 19.6 Å². The lowest BCUT2D eigenvalue weighted by molar-refractivity contribution is 0.220. The molecule has 0 saturated carbocycles. The van der Waals surface area contributed by atoms with Crippen LogP contribution in [-0.4, -0.2) is 44.1 Å². The van der Waals surface area contributed by atoms with Gasteiger partial charge in [0.2, 0.25) is 0 Å². The van der Waals surface area contributed by atoms with Crippen LogP contribution in [0, 0.1) is 6.92 Å². The molecule has 1 aliphatic heterocycles. The number of piperidine rings is 1. The average molecular weight is 440 g/mol. The topological polar surface area (TPSA) is 63.9 Å². The summed E-state index contributed by atoms with van der Waals surface area (Å²) in [5, 5.41) is 1.54. The number of likely N-dealkylation sites (tertiary alicyclic amines) is 1. The molecular formula is C22H22ClN5OS. The molecule has 30 heavy (non-hydrogen) atoms. The van der Waals surface area contributed by atoms with E-state index in [9.17, 15) is 4.79 Å². The Hall–Kier alpha value is -2.35. The average Bonchev–Trinajstić information content (AvgIpc) is 3.14. The number of fused-ring (bicyclic) bond motifs is 3. The molecular weight excluding hydrogens is 418 g/mol. The van der Waals surface area contributed by atoms with Gasteiger partial charge < -0.3 is 4.90 Å². The van der Waals surface area contributed by atoms with Crippen molar-refractivity contribution in [2.45, 2.75) is 32.7 Å². The van der Waals surface area contributed by atoms with Crippen molar-refractivity contribution in [2.24, 2.45) is 0 Å². The summed E-state index contributed by atoms with van der Waals surface area (Å²) in [4.78, 5) is 30.4. The summed E-state index contributed by atoms with van der Waals surface area (Å²) in [7, 11) is 0. The van der Waals surface area contributed by atoms with E-state index in [4.69, 9.17) is 16.6 Å². The van der Waals surface area contributed by atoms with Gasteiger partial charge in [-0.3, -0.25) is 9.36 Å². The lowest BCUT2D eigenvalue weighted by atomic mass is 10.1. The van der Waals surface area contributed by atoms with Gasteiger partial charge in [0.15, 0.2) is 5.82 Å². The van der Waals surface area contributed by atoms with Gasteiger partial charge in [-0.2, -0.15) is 0 Å². The lowest BCUT2D eigenvalue weighted by Crippen LogP contribution is -2.34. The Kier molecular flexibility index (Phi) is 5.26. The minimum Gasteiger partial charge on any atom is -0.302 e. The molecule has 0 atom stereocenters. The summed E-state index contributed by atoms with van der Waals surface area (Å²) < 4.78 is 2.38. The van der Waals surface area contributed by atoms with Crippen molar-refractivity contribution in [1.82, 2.24) is 24.4 Å². The van der Waals surface area contributed by atoms with Gasteiger partial charge in [-0.05, 0) is 57.1 Å². The molecule has 4 aromatic rings. The highest BCUT2D eigenvalue weighted by Gasteiger charge is 2.17. The molecule has 0 unspecified atom stereocenters. The number of aryl methyl sites for hydroxylation is 1. The third kappa shape index (κ3) is 3.62. The van der Waals surface area contributed by atoms with Crippen molar-refractivity contribution in [3.05, 3.63) is 51.7 Å². The maximum atomic E-state index is 13.1. The molecule has 3 aromatic heterocycles. The molecule has 6 nitrogen and oxygen atoms in total. The predicted octanol–water partition coefficient (Wildman–Crippen LogP) is 4.52. The number of hydrogen-bond donors (Lipinski definition) is 0. The zero-order chi connectivity index (χ0) is 20.7. The fourth-order valence-electron chi connectivity index (χ4n) is 4.05. The predicted molar refractivity (Wildman–Crippen MR) is 122 cm³/mol. The molecule has 0 radical (unpaired) electrons. The maximum Gasteiger partial charge on any atom is 0.271 e. The van der Waals surface area contributed by atoms with Gasteiger partial charge in [0.05, 0.1) is 22.9 Å². The summed E-state index contributed by atoms with van der Waals surface area (Å²) >= 11 is 7.40. The fourth-order valence-corrected chi connectivity index (χ4v) is 5.30. The summed E-state index contributed by atoms with van der Waals surface area (Å²) in [6, 6.07) is 7.46. The first-order chi connectivity index (χ1) is 14.6. The number of rotatable bonds is 4. The molecule has 0 N–H and O–H groups in total. The van der Waals surface area contributed by atoms with Crippen LogP contribution in [0.2, 0.25) is 5.02 Å². The number of hydrogen-bond acceptors (Lipinski definition) is 6. The third-order valence-corrected chi connectivity index (χ3v) is 7.01. The van der Waals surface area contributed by atoms with E-state index >= 15 is 0 Å². The van der Waals surface area contributed by atoms with Crippen LogP contribution < -0.4 is 5.56 Å². The van der Waals surface area contributed by atoms with Crippen molar-refractivity contribution < 1.29 is 0 Å². The molecule has 1 saturated heterocycles. The normalized spacial score (nSPS) is 15.3. The van der Waals surface area contributed by atoms with E-state index in [1.807, 2.05) is 31.2 Å². The molecule has 1 fully saturated rings. The van der Waals surface area contributed by atoms with E-state index in [1.165, 1.54) is 30.6 Å². The Morgan fingerprint density at radius 1 is 1.07 bits per heavy atom. The molecule has 1 aromatic carbocycles. The Bertz CT molecular complexity index is 1270. The van der Waals surface area contributed by atoms with E-state index in [-0.39, 0.29) is 5.56 Å². The highest BCUT2D eigenvalue weighted by Crippen LogP contribution is 2.32. The Labute approximate surface area is 183 Å². The smallest absolute Gasteiger partial charge is 0.271 e. The van der Waals surface area contributed by atoms with Gasteiger partial charge in [0, 0.05) is 23.7 Å². The standard InChI is InChI=1S/C22H22ClN5OS/c1-14-17-18-19(22(29)28(13-24-18)12-11-27-9-3-2-4-10-27)30-21(17)26-20(25-14)15-5-7-16(23)8-6-15/h5-8,13H,2-4,9-12H2,1H3. The van der Waals surface area contributed by atoms with Gasteiger partial charge in [0.25, 0.3) is 5.56 Å². The highest BCUT2D eigenvalue weighted by atomic mass is 35.5. The van der Waals surface area contributed by atoms with Crippen molar-refractivity contribution in [3.63, 3.8) is 0 Å². The van der Waals surface area contributed by atoms with Crippen LogP contribution in [-0.2, 0) is 6.54 Å². The van der Waals surface area contributed by atoms with Gasteiger partial charge in [-0.25, -0.2) is 15.0 Å². The van der Waals surface area contributed by atoms with Gasteiger partial charge in [-0.1, -0.05) is 18.0 Å². The van der Waals surface area contributed by atoms with Crippen LogP contribution >= 0.6 is 22.9 Å². The second kappa shape index (κ2) is 8.06. The summed E-state index contributed by atoms with van der Waals surface area (Å²) in [6.45, 7) is 5.73. The molecule has 0 spiro atoms. The van der Waals surface area contributed by atoms with Crippen LogP contribution in [0.3, 0.4) is 0 Å². The molecule has 0 bridgehead atoms. The van der Waals surface area contributed by atoms with Crippen LogP contribution in [0.5, 0.6) is 0 Å². The molecule has 0 amide bonds. The first-order valence-corrected chi connectivity index (χ1v) is 11.4. The van der Waals surface area contributed by atoms with Crippen molar-refractivity contribution in [1.29, 1.82) is 0 Å². The Balaban J connectivity index is 1.53. The summed E-state index contributed by atoms with van der Waals surface area (Å²) in [5.74, 6) is 0.633. The Morgan fingerprint density at radius 2 is 1.83 bits per heavy atom. The lowest BCUT2D eigenvalue weighted by Gasteiger charge is -2.26. The largest absolute Gasteiger partial charge is 0.302 e. The van der Waals surface area contributed by atoms with E-state index in [0.29, 0.717) is 27.6 Å². The van der Waals surface area contributed by atoms with Crippen molar-refractivity contribution >= 4 is 43.4 Å². The van der Waals surface area contributed by atoms with Crippen LogP contribution in [0.25, 0.3) is 31.8 Å². The fraction of sp³-hybridized carbons (Fsp3) is 0.364. The third-order valence-electron chi connectivity index (χ3n) is 5.70. The number of benzene rings is 1. The quantitative estimate of drug-likeness (QED) is 0.468. The monoisotopic (exact) mass is 439 g/mol. The van der Waals surface area contributed by atoms with Crippen LogP contribution in [0.4, 0.5) is 0 Å². The van der Waals surface area contributed by atoms with Gasteiger partial charge >= 0.3 is 0 Å². The first-order valence-electron chi connectivity index (χ1n) is 10.2. The van der Waals surface area contributed by atoms with E-state index in [2.05, 4.69) is 14.9 Å². The van der Waals surface area contributed by atoms with Gasteiger partial charge in [-0.15, -0.1) is 11.3 Å². The second-order valence-corrected chi connectivity index (χ2v) is 9.18. The number of halogens is 1. The SMILES string of the molecule is Cc1nc(-c2ccc(Cl)cc2)nc2sc3c(=O)n(CCN4CCCCC4)cnc3c12. The zero-order valence-electron chi connectivity index (χ0n) is 16.8. The summed E-state index contributed by atoms with van der Waals surface area (Å²) in [5.41, 5.74) is 2.43. The molecule has 1 aliphatic rings. The summed E-state index contributed by atoms with van der Waals surface area (Å²) in [6.07, 6.45) is 5.48. The van der Waals surface area contributed by atoms with Crippen LogP contribution in [0.1, 0.15) is 25.0 Å². The first kappa shape index (κ1) is 19.6. The molecule has 8 heteroatoms. The van der Waals surface area contributed by atoms with E-state index in [0.717, 1.165) is 41.1 Å². The zero-order valence-corrected chi connectivity index (χ0v) is 18.3. The van der Waals surface area contributed by atoms with Crippen LogP contribution in [0.15, 0.2) is 35.4 Å². The van der Waals surface area contributed by atoms with Gasteiger partial charge in [0.1, 0.15) is 9.53 Å². The molecule has 154 valence electrons. The molecule has 4 heterocycles. The van der Waals surface area contributed by atoms with E-state index < -0.39 is 0 Å². The number of thiophene rings is 1. The second-order valence-electron chi connectivity index (χ2n) is 7.74. The molecule has 0 aliphatic carbocycles. The highest BCUT2D eigenvalue weighted by molar-refractivity contribution is 7.25. The van der Waals surface area contributed by atoms with E-state index in [1.54, 1.807) is 10.9 Å². The number of nitrogens with zero attached hydrogens (tertiary/aromatic N) is 5. The maximum absolute atomic E-state index is 13.1. The number of aromatic nitrogens is 4. The minimum atomic E-state index is 0.00690. The Morgan fingerprint density at radius 3 is 2.60 bits per heavy atom. The minimum absolute atomic E-state index is 0.00690.